The maximum Gasteiger partial charge on any atom is 0.232 e. The second-order valence-corrected chi connectivity index (χ2v) is 5.79. The van der Waals surface area contributed by atoms with Crippen molar-refractivity contribution in [2.45, 2.75) is 13.3 Å². The number of carbonyl (C=O) groups is 1. The predicted octanol–water partition coefficient (Wildman–Crippen LogP) is 3.30. The molecule has 3 aromatic rings. The fourth-order valence-corrected chi connectivity index (χ4v) is 2.73. The van der Waals surface area contributed by atoms with Crippen molar-refractivity contribution in [3.05, 3.63) is 47.1 Å². The van der Waals surface area contributed by atoms with E-state index in [9.17, 15) is 4.79 Å². The third kappa shape index (κ3) is 3.75. The summed E-state index contributed by atoms with van der Waals surface area (Å²) in [5.41, 5.74) is 2.33. The Bertz CT molecular complexity index is 808. The summed E-state index contributed by atoms with van der Waals surface area (Å²) < 4.78 is 10.4. The van der Waals surface area contributed by atoms with Crippen molar-refractivity contribution in [2.75, 3.05) is 12.4 Å². The number of nitrogens with one attached hydrogen (secondary N) is 1. The zero-order valence-corrected chi connectivity index (χ0v) is 13.5. The van der Waals surface area contributed by atoms with Crippen molar-refractivity contribution >= 4 is 22.4 Å². The molecule has 1 amide bonds. The van der Waals surface area contributed by atoms with E-state index in [2.05, 4.69) is 15.5 Å². The Hall–Kier alpha value is -2.67. The largest absolute Gasteiger partial charge is 0.497 e. The summed E-state index contributed by atoms with van der Waals surface area (Å²) in [6.07, 6.45) is 0.137. The molecule has 0 aliphatic heterocycles. The average molecular weight is 329 g/mol. The summed E-state index contributed by atoms with van der Waals surface area (Å²) >= 11 is 1.40. The van der Waals surface area contributed by atoms with Gasteiger partial charge in [0.25, 0.3) is 0 Å². The molecule has 0 fully saturated rings. The Morgan fingerprint density at radius 3 is 2.78 bits per heavy atom. The molecule has 3 rings (SSSR count). The first-order valence-corrected chi connectivity index (χ1v) is 7.84. The maximum atomic E-state index is 12.0. The summed E-state index contributed by atoms with van der Waals surface area (Å²) in [6.45, 7) is 1.88. The van der Waals surface area contributed by atoms with E-state index in [0.717, 1.165) is 17.0 Å². The van der Waals surface area contributed by atoms with Gasteiger partial charge < -0.3 is 14.6 Å². The highest BCUT2D eigenvalue weighted by atomic mass is 32.1. The van der Waals surface area contributed by atoms with Crippen LogP contribution in [0.2, 0.25) is 0 Å². The van der Waals surface area contributed by atoms with Crippen LogP contribution in [-0.4, -0.2) is 23.2 Å². The zero-order chi connectivity index (χ0) is 16.2. The number of nitrogens with zero attached hydrogens (tertiary/aromatic N) is 2. The van der Waals surface area contributed by atoms with E-state index in [4.69, 9.17) is 9.26 Å². The van der Waals surface area contributed by atoms with Crippen molar-refractivity contribution in [1.82, 2.24) is 10.1 Å². The molecule has 23 heavy (non-hydrogen) atoms. The van der Waals surface area contributed by atoms with Crippen LogP contribution in [0.15, 0.2) is 40.2 Å². The Morgan fingerprint density at radius 2 is 2.13 bits per heavy atom. The molecule has 7 heteroatoms. The normalized spacial score (nSPS) is 10.5. The molecule has 6 nitrogen and oxygen atoms in total. The highest BCUT2D eigenvalue weighted by molar-refractivity contribution is 7.13. The van der Waals surface area contributed by atoms with Crippen molar-refractivity contribution < 1.29 is 14.1 Å². The first kappa shape index (κ1) is 15.2. The van der Waals surface area contributed by atoms with E-state index < -0.39 is 0 Å². The number of aromatic nitrogens is 2. The standard InChI is InChI=1S/C16H15N3O3S/c1-10-9-23-16(17-10)18-15(20)8-12-7-14(22-19-12)11-3-5-13(21-2)6-4-11/h3-7,9H,8H2,1-2H3,(H,17,18,20). The summed E-state index contributed by atoms with van der Waals surface area (Å²) in [5, 5.41) is 9.16. The highest BCUT2D eigenvalue weighted by Gasteiger charge is 2.12. The SMILES string of the molecule is COc1ccc(-c2cc(CC(=O)Nc3nc(C)cs3)no2)cc1. The van der Waals surface area contributed by atoms with Crippen molar-refractivity contribution in [2.24, 2.45) is 0 Å². The minimum atomic E-state index is -0.172. The third-order valence-electron chi connectivity index (χ3n) is 3.14. The lowest BCUT2D eigenvalue weighted by molar-refractivity contribution is -0.115. The summed E-state index contributed by atoms with van der Waals surface area (Å²) in [4.78, 5) is 16.2. The van der Waals surface area contributed by atoms with Gasteiger partial charge in [-0.25, -0.2) is 4.98 Å². The molecule has 1 N–H and O–H groups in total. The van der Waals surface area contributed by atoms with Gasteiger partial charge in [-0.3, -0.25) is 4.79 Å². The average Bonchev–Trinajstić information content (AvgIpc) is 3.16. The molecule has 0 saturated heterocycles. The zero-order valence-electron chi connectivity index (χ0n) is 12.7. The van der Waals surface area contributed by atoms with Gasteiger partial charge in [-0.1, -0.05) is 5.16 Å². The summed E-state index contributed by atoms with van der Waals surface area (Å²) in [6, 6.07) is 9.20. The van der Waals surface area contributed by atoms with Crippen molar-refractivity contribution in [1.29, 1.82) is 0 Å². The number of ether oxygens (including phenoxy) is 1. The Labute approximate surface area is 137 Å². The first-order chi connectivity index (χ1) is 11.1. The van der Waals surface area contributed by atoms with Crippen LogP contribution >= 0.6 is 11.3 Å². The number of aryl methyl sites for hydroxylation is 1. The Balaban J connectivity index is 1.65. The minimum Gasteiger partial charge on any atom is -0.497 e. The highest BCUT2D eigenvalue weighted by Crippen LogP contribution is 2.23. The topological polar surface area (TPSA) is 77.2 Å². The Morgan fingerprint density at radius 1 is 1.35 bits per heavy atom. The molecule has 0 radical (unpaired) electrons. The number of amides is 1. The lowest BCUT2D eigenvalue weighted by Crippen LogP contribution is -2.14. The van der Waals surface area contributed by atoms with Gasteiger partial charge in [0.05, 0.1) is 24.9 Å². The molecule has 0 aliphatic rings. The molecular weight excluding hydrogens is 314 g/mol. The van der Waals surface area contributed by atoms with E-state index in [0.29, 0.717) is 16.6 Å². The van der Waals surface area contributed by atoms with Gasteiger partial charge >= 0.3 is 0 Å². The van der Waals surface area contributed by atoms with Gasteiger partial charge in [0.15, 0.2) is 10.9 Å². The van der Waals surface area contributed by atoms with Gasteiger partial charge in [0.2, 0.25) is 5.91 Å². The van der Waals surface area contributed by atoms with Gasteiger partial charge in [0, 0.05) is 17.0 Å². The summed E-state index contributed by atoms with van der Waals surface area (Å²) in [7, 11) is 1.62. The number of anilines is 1. The second-order valence-electron chi connectivity index (χ2n) is 4.93. The lowest BCUT2D eigenvalue weighted by Gasteiger charge is -1.99. The summed E-state index contributed by atoms with van der Waals surface area (Å²) in [5.74, 6) is 1.21. The van der Waals surface area contributed by atoms with Crippen LogP contribution < -0.4 is 10.1 Å². The predicted molar refractivity (Wildman–Crippen MR) is 87.7 cm³/mol. The molecule has 0 atom stereocenters. The lowest BCUT2D eigenvalue weighted by atomic mass is 10.1. The van der Waals surface area contributed by atoms with Crippen molar-refractivity contribution in [3.63, 3.8) is 0 Å². The second kappa shape index (κ2) is 6.62. The quantitative estimate of drug-likeness (QED) is 0.777. The van der Waals surface area contributed by atoms with Crippen molar-refractivity contribution in [3.8, 4) is 17.1 Å². The number of hydrogen-bond acceptors (Lipinski definition) is 6. The molecule has 0 aliphatic carbocycles. The van der Waals surface area contributed by atoms with Crippen LogP contribution in [0.25, 0.3) is 11.3 Å². The molecule has 2 aromatic heterocycles. The van der Waals surface area contributed by atoms with E-state index in [-0.39, 0.29) is 12.3 Å². The Kier molecular flexibility index (Phi) is 4.38. The van der Waals surface area contributed by atoms with Crippen LogP contribution in [-0.2, 0) is 11.2 Å². The molecule has 2 heterocycles. The number of thiazole rings is 1. The smallest absolute Gasteiger partial charge is 0.232 e. The molecule has 0 spiro atoms. The third-order valence-corrected chi connectivity index (χ3v) is 4.02. The van der Waals surface area contributed by atoms with Crippen LogP contribution in [0.4, 0.5) is 5.13 Å². The fourth-order valence-electron chi connectivity index (χ4n) is 2.03. The fraction of sp³-hybridized carbons (Fsp3) is 0.188. The molecule has 0 saturated carbocycles. The van der Waals surface area contributed by atoms with Gasteiger partial charge in [-0.2, -0.15) is 0 Å². The molecule has 0 unspecified atom stereocenters. The van der Waals surface area contributed by atoms with Crippen LogP contribution in [0.5, 0.6) is 5.75 Å². The number of carbonyl (C=O) groups excluding carboxylic acids is 1. The van der Waals surface area contributed by atoms with Crippen LogP contribution in [0, 0.1) is 6.92 Å². The molecular formula is C16H15N3O3S. The van der Waals surface area contributed by atoms with Crippen LogP contribution in [0.3, 0.4) is 0 Å². The van der Waals surface area contributed by atoms with Gasteiger partial charge in [0.1, 0.15) is 5.75 Å². The maximum absolute atomic E-state index is 12.0. The van der Waals surface area contributed by atoms with E-state index in [1.165, 1.54) is 11.3 Å². The monoisotopic (exact) mass is 329 g/mol. The first-order valence-electron chi connectivity index (χ1n) is 6.96. The minimum absolute atomic E-state index is 0.137. The van der Waals surface area contributed by atoms with E-state index >= 15 is 0 Å². The number of hydrogen-bond donors (Lipinski definition) is 1. The number of rotatable bonds is 5. The number of benzene rings is 1. The molecule has 1 aromatic carbocycles. The van der Waals surface area contributed by atoms with Gasteiger partial charge in [-0.05, 0) is 31.2 Å². The van der Waals surface area contributed by atoms with E-state index in [1.54, 1.807) is 13.2 Å². The molecule has 0 bridgehead atoms. The van der Waals surface area contributed by atoms with E-state index in [1.807, 2.05) is 36.6 Å². The number of methoxy groups -OCH3 is 1. The van der Waals surface area contributed by atoms with Gasteiger partial charge in [-0.15, -0.1) is 11.3 Å². The molecule has 118 valence electrons. The van der Waals surface area contributed by atoms with Crippen LogP contribution in [0.1, 0.15) is 11.4 Å².